The van der Waals surface area contributed by atoms with Crippen LogP contribution in [0.3, 0.4) is 0 Å². The minimum atomic E-state index is -2.99. The molecule has 7 heteroatoms. The van der Waals surface area contributed by atoms with Crippen molar-refractivity contribution in [2.45, 2.75) is 24.4 Å². The van der Waals surface area contributed by atoms with Crippen molar-refractivity contribution in [3.8, 4) is 0 Å². The maximum absolute atomic E-state index is 15.3. The lowest BCUT2D eigenvalue weighted by molar-refractivity contribution is -0.133. The van der Waals surface area contributed by atoms with Crippen molar-refractivity contribution in [3.63, 3.8) is 0 Å². The summed E-state index contributed by atoms with van der Waals surface area (Å²) < 4.78 is 30.5. The zero-order valence-corrected chi connectivity index (χ0v) is 14.9. The van der Waals surface area contributed by atoms with E-state index in [9.17, 15) is 0 Å². The molecular formula is C20H23F2N5. The first-order valence-electron chi connectivity index (χ1n) is 9.02. The Kier molecular flexibility index (Phi) is 4.36. The second-order valence-corrected chi connectivity index (χ2v) is 7.31. The number of aromatic nitrogens is 1. The number of alkyl halides is 2. The molecule has 1 fully saturated rings. The summed E-state index contributed by atoms with van der Waals surface area (Å²) in [6, 6.07) is 13.2. The first-order valence-corrected chi connectivity index (χ1v) is 9.02. The molecule has 5 N–H and O–H groups in total. The van der Waals surface area contributed by atoms with Gasteiger partial charge in [0.2, 0.25) is 0 Å². The number of hydrogen-bond acceptors (Lipinski definition) is 5. The van der Waals surface area contributed by atoms with Crippen LogP contribution in [0.2, 0.25) is 0 Å². The van der Waals surface area contributed by atoms with E-state index < -0.39 is 17.4 Å². The van der Waals surface area contributed by atoms with Gasteiger partial charge in [-0.3, -0.25) is 9.88 Å². The number of nitrogens with zero attached hydrogens (tertiary/aromatic N) is 2. The van der Waals surface area contributed by atoms with Gasteiger partial charge >= 0.3 is 0 Å². The van der Waals surface area contributed by atoms with Crippen molar-refractivity contribution in [1.29, 1.82) is 0 Å². The third-order valence-electron chi connectivity index (χ3n) is 5.54. The number of hydrogen-bond donors (Lipinski definition) is 3. The van der Waals surface area contributed by atoms with E-state index in [4.69, 9.17) is 11.5 Å². The van der Waals surface area contributed by atoms with Crippen molar-refractivity contribution in [2.75, 3.05) is 18.4 Å². The number of pyridine rings is 1. The van der Waals surface area contributed by atoms with Crippen molar-refractivity contribution >= 4 is 5.69 Å². The lowest BCUT2D eigenvalue weighted by Gasteiger charge is -2.48. The normalized spacial score (nSPS) is 27.4. The predicted molar refractivity (Wildman–Crippen MR) is 101 cm³/mol. The van der Waals surface area contributed by atoms with Gasteiger partial charge in [0.05, 0.1) is 29.5 Å². The summed E-state index contributed by atoms with van der Waals surface area (Å²) in [7, 11) is 0. The molecule has 2 atom stereocenters. The van der Waals surface area contributed by atoms with Gasteiger partial charge in [-0.2, -0.15) is 0 Å². The number of likely N-dealkylation sites (tertiary alicyclic amines) is 1. The number of benzene rings is 1. The van der Waals surface area contributed by atoms with Gasteiger partial charge in [0.1, 0.15) is 5.54 Å². The monoisotopic (exact) mass is 371 g/mol. The zero-order chi connectivity index (χ0) is 19.1. The van der Waals surface area contributed by atoms with Crippen molar-refractivity contribution < 1.29 is 8.78 Å². The molecule has 4 rings (SSSR count). The largest absolute Gasteiger partial charge is 0.399 e. The highest BCUT2D eigenvalue weighted by molar-refractivity contribution is 5.59. The molecule has 5 nitrogen and oxygen atoms in total. The van der Waals surface area contributed by atoms with Gasteiger partial charge in [-0.15, -0.1) is 0 Å². The molecule has 1 aromatic carbocycles. The topological polar surface area (TPSA) is 80.2 Å². The fourth-order valence-electron chi connectivity index (χ4n) is 4.18. The summed E-state index contributed by atoms with van der Waals surface area (Å²) in [5.41, 5.74) is 13.4. The first-order chi connectivity index (χ1) is 12.9. The molecule has 2 aliphatic rings. The summed E-state index contributed by atoms with van der Waals surface area (Å²) in [5.74, 6) is -4.11. The lowest BCUT2D eigenvalue weighted by Crippen LogP contribution is -2.61. The molecule has 27 heavy (non-hydrogen) atoms. The molecule has 0 saturated carbocycles. The minimum Gasteiger partial charge on any atom is -0.399 e. The van der Waals surface area contributed by atoms with Gasteiger partial charge in [-0.25, -0.2) is 8.78 Å². The molecule has 2 aromatic rings. The van der Waals surface area contributed by atoms with E-state index in [2.05, 4.69) is 10.3 Å². The molecule has 0 aliphatic carbocycles. The van der Waals surface area contributed by atoms with Crippen LogP contribution in [-0.2, 0) is 12.1 Å². The summed E-state index contributed by atoms with van der Waals surface area (Å²) in [6.07, 6.45) is 3.31. The van der Waals surface area contributed by atoms with Crippen LogP contribution in [0.15, 0.2) is 60.6 Å². The molecule has 0 bridgehead atoms. The number of piperidine rings is 1. The number of nitrogens with two attached hydrogens (primary N) is 2. The van der Waals surface area contributed by atoms with Crippen LogP contribution in [0, 0.1) is 5.92 Å². The highest BCUT2D eigenvalue weighted by Crippen LogP contribution is 2.48. The van der Waals surface area contributed by atoms with Gasteiger partial charge in [0.15, 0.2) is 0 Å². The molecular weight excluding hydrogens is 348 g/mol. The van der Waals surface area contributed by atoms with Gasteiger partial charge in [0, 0.05) is 18.9 Å². The summed E-state index contributed by atoms with van der Waals surface area (Å²) in [6.45, 7) is 0.661. The van der Waals surface area contributed by atoms with Crippen molar-refractivity contribution in [3.05, 3.63) is 71.8 Å². The quantitative estimate of drug-likeness (QED) is 0.773. The van der Waals surface area contributed by atoms with E-state index in [-0.39, 0.29) is 18.7 Å². The standard InChI is InChI=1S/C20H23F2N5/c21-19(22)13-27(12-14-5-2-1-3-6-14)10-8-16(19)20(24)17(23)11-26-15-7-4-9-25-18(15)20/h1-7,9,11,16,26H,8,10,12-13,23-24H2. The Balaban J connectivity index is 1.61. The number of fused-ring (bicyclic) bond motifs is 1. The van der Waals surface area contributed by atoms with Gasteiger partial charge in [-0.1, -0.05) is 30.3 Å². The lowest BCUT2D eigenvalue weighted by atomic mass is 9.71. The summed E-state index contributed by atoms with van der Waals surface area (Å²) in [4.78, 5) is 6.07. The highest BCUT2D eigenvalue weighted by atomic mass is 19.3. The van der Waals surface area contributed by atoms with Crippen molar-refractivity contribution in [1.82, 2.24) is 9.88 Å². The molecule has 1 aromatic heterocycles. The van der Waals surface area contributed by atoms with Crippen molar-refractivity contribution in [2.24, 2.45) is 17.4 Å². The van der Waals surface area contributed by atoms with E-state index >= 15 is 8.78 Å². The van der Waals surface area contributed by atoms with E-state index in [1.807, 2.05) is 30.3 Å². The first kappa shape index (κ1) is 17.9. The molecule has 3 heterocycles. The smallest absolute Gasteiger partial charge is 0.265 e. The average Bonchev–Trinajstić information content (AvgIpc) is 2.65. The van der Waals surface area contributed by atoms with Crippen LogP contribution in [0.25, 0.3) is 0 Å². The summed E-state index contributed by atoms with van der Waals surface area (Å²) >= 11 is 0. The summed E-state index contributed by atoms with van der Waals surface area (Å²) in [5, 5.41) is 2.99. The second kappa shape index (κ2) is 6.58. The number of anilines is 1. The molecule has 0 spiro atoms. The SMILES string of the molecule is NC1=CNc2cccnc2C1(N)C1CCN(Cc2ccccc2)CC1(F)F. The Bertz CT molecular complexity index is 854. The van der Waals surface area contributed by atoms with Gasteiger partial charge < -0.3 is 16.8 Å². The van der Waals surface area contributed by atoms with E-state index in [0.717, 1.165) is 5.56 Å². The van der Waals surface area contributed by atoms with Gasteiger partial charge in [-0.05, 0) is 30.7 Å². The minimum absolute atomic E-state index is 0.190. The second-order valence-electron chi connectivity index (χ2n) is 7.31. The zero-order valence-electron chi connectivity index (χ0n) is 14.9. The number of nitrogens with one attached hydrogen (secondary N) is 1. The van der Waals surface area contributed by atoms with E-state index in [1.165, 1.54) is 6.20 Å². The Morgan fingerprint density at radius 2 is 1.96 bits per heavy atom. The van der Waals surface area contributed by atoms with Crippen LogP contribution < -0.4 is 16.8 Å². The Morgan fingerprint density at radius 1 is 1.19 bits per heavy atom. The average molecular weight is 371 g/mol. The molecule has 0 amide bonds. The van der Waals surface area contributed by atoms with Crippen LogP contribution in [-0.4, -0.2) is 28.9 Å². The highest BCUT2D eigenvalue weighted by Gasteiger charge is 2.57. The van der Waals surface area contributed by atoms with Crippen LogP contribution >= 0.6 is 0 Å². The molecule has 0 radical (unpaired) electrons. The third-order valence-corrected chi connectivity index (χ3v) is 5.54. The molecule has 2 aliphatic heterocycles. The Labute approximate surface area is 157 Å². The maximum Gasteiger partial charge on any atom is 0.265 e. The Hall–Kier alpha value is -2.51. The maximum atomic E-state index is 15.3. The van der Waals surface area contributed by atoms with Crippen LogP contribution in [0.5, 0.6) is 0 Å². The van der Waals surface area contributed by atoms with Crippen LogP contribution in [0.4, 0.5) is 14.5 Å². The van der Waals surface area contributed by atoms with E-state index in [0.29, 0.717) is 24.5 Å². The molecule has 1 saturated heterocycles. The van der Waals surface area contributed by atoms with E-state index in [1.54, 1.807) is 23.2 Å². The molecule has 2 unspecified atom stereocenters. The van der Waals surface area contributed by atoms with Gasteiger partial charge in [0.25, 0.3) is 5.92 Å². The third kappa shape index (κ3) is 3.07. The van der Waals surface area contributed by atoms with Crippen LogP contribution in [0.1, 0.15) is 17.7 Å². The number of rotatable bonds is 3. The fourth-order valence-corrected chi connectivity index (χ4v) is 4.18. The Morgan fingerprint density at radius 3 is 2.70 bits per heavy atom. The molecule has 142 valence electrons. The fraction of sp³-hybridized carbons (Fsp3) is 0.350. The number of halogens is 2. The predicted octanol–water partition coefficient (Wildman–Crippen LogP) is 2.62.